The van der Waals surface area contributed by atoms with Crippen LogP contribution in [0.2, 0.25) is 0 Å². The summed E-state index contributed by atoms with van der Waals surface area (Å²) >= 11 is 0. The Balaban J connectivity index is 1.86. The summed E-state index contributed by atoms with van der Waals surface area (Å²) in [5.41, 5.74) is 1.43. The molecule has 3 nitrogen and oxygen atoms in total. The Morgan fingerprint density at radius 3 is 2.94 bits per heavy atom. The molecule has 1 N–H and O–H groups in total. The fourth-order valence-corrected chi connectivity index (χ4v) is 2.67. The Labute approximate surface area is 104 Å². The third kappa shape index (κ3) is 3.79. The molecular formula is C14H23N3. The number of hydrogen-bond donors (Lipinski definition) is 1. The van der Waals surface area contributed by atoms with Gasteiger partial charge in [0.25, 0.3) is 0 Å². The smallest absolute Gasteiger partial charge is 0.0543 e. The van der Waals surface area contributed by atoms with E-state index in [1.807, 2.05) is 12.3 Å². The summed E-state index contributed by atoms with van der Waals surface area (Å²) in [5, 5.41) is 3.65. The largest absolute Gasteiger partial charge is 0.310 e. The second-order valence-corrected chi connectivity index (χ2v) is 5.44. The van der Waals surface area contributed by atoms with Crippen molar-refractivity contribution in [3.05, 3.63) is 30.1 Å². The zero-order chi connectivity index (χ0) is 12.1. The summed E-state index contributed by atoms with van der Waals surface area (Å²) in [6.45, 7) is 5.51. The first-order chi connectivity index (χ1) is 8.18. The normalized spacial score (nSPS) is 25.1. The minimum atomic E-state index is 0.280. The second-order valence-electron chi connectivity index (χ2n) is 5.44. The molecule has 0 aromatic carbocycles. The van der Waals surface area contributed by atoms with E-state index in [4.69, 9.17) is 0 Å². The van der Waals surface area contributed by atoms with E-state index in [1.54, 1.807) is 0 Å². The van der Waals surface area contributed by atoms with E-state index in [-0.39, 0.29) is 5.54 Å². The van der Waals surface area contributed by atoms with Crippen LogP contribution in [-0.4, -0.2) is 35.6 Å². The first-order valence-corrected chi connectivity index (χ1v) is 6.51. The summed E-state index contributed by atoms with van der Waals surface area (Å²) < 4.78 is 0. The quantitative estimate of drug-likeness (QED) is 0.862. The number of nitrogens with one attached hydrogen (secondary N) is 1. The summed E-state index contributed by atoms with van der Waals surface area (Å²) in [6, 6.07) is 6.11. The van der Waals surface area contributed by atoms with Crippen LogP contribution >= 0.6 is 0 Å². The number of hydrogen-bond acceptors (Lipinski definition) is 3. The molecule has 0 spiro atoms. The third-order valence-corrected chi connectivity index (χ3v) is 3.48. The second kappa shape index (κ2) is 5.61. The van der Waals surface area contributed by atoms with Gasteiger partial charge in [-0.25, -0.2) is 0 Å². The fourth-order valence-electron chi connectivity index (χ4n) is 2.67. The van der Waals surface area contributed by atoms with Crippen molar-refractivity contribution in [2.45, 2.75) is 38.3 Å². The summed E-state index contributed by atoms with van der Waals surface area (Å²) in [5.74, 6) is 0. The molecule has 1 aromatic rings. The first-order valence-electron chi connectivity index (χ1n) is 6.51. The van der Waals surface area contributed by atoms with Gasteiger partial charge in [-0.15, -0.1) is 0 Å². The Bertz CT molecular complexity index is 331. The molecule has 1 atom stereocenters. The van der Waals surface area contributed by atoms with Gasteiger partial charge in [-0.3, -0.25) is 9.88 Å². The van der Waals surface area contributed by atoms with Crippen LogP contribution in [0.15, 0.2) is 24.4 Å². The van der Waals surface area contributed by atoms with Gasteiger partial charge < -0.3 is 5.32 Å². The highest BCUT2D eigenvalue weighted by Crippen LogP contribution is 2.19. The lowest BCUT2D eigenvalue weighted by Crippen LogP contribution is -2.52. The van der Waals surface area contributed by atoms with Gasteiger partial charge in [-0.1, -0.05) is 12.5 Å². The molecule has 1 fully saturated rings. The van der Waals surface area contributed by atoms with Crippen molar-refractivity contribution in [1.82, 2.24) is 15.2 Å². The molecule has 0 radical (unpaired) electrons. The Hall–Kier alpha value is -0.930. The van der Waals surface area contributed by atoms with Crippen molar-refractivity contribution in [3.63, 3.8) is 0 Å². The predicted molar refractivity (Wildman–Crippen MR) is 70.8 cm³/mol. The lowest BCUT2D eigenvalue weighted by molar-refractivity contribution is 0.181. The fraction of sp³-hybridized carbons (Fsp3) is 0.643. The monoisotopic (exact) mass is 233 g/mol. The zero-order valence-electron chi connectivity index (χ0n) is 10.9. The van der Waals surface area contributed by atoms with Crippen LogP contribution in [0.5, 0.6) is 0 Å². The molecule has 0 bridgehead atoms. The van der Waals surface area contributed by atoms with Crippen molar-refractivity contribution in [3.8, 4) is 0 Å². The molecule has 1 aromatic heterocycles. The highest BCUT2D eigenvalue weighted by molar-refractivity contribution is 5.03. The van der Waals surface area contributed by atoms with E-state index >= 15 is 0 Å². The lowest BCUT2D eigenvalue weighted by Gasteiger charge is -2.38. The summed E-state index contributed by atoms with van der Waals surface area (Å²) in [7, 11) is 2.18. The van der Waals surface area contributed by atoms with Crippen LogP contribution in [-0.2, 0) is 6.54 Å². The van der Waals surface area contributed by atoms with Gasteiger partial charge in [0.15, 0.2) is 0 Å². The molecule has 0 aliphatic carbocycles. The van der Waals surface area contributed by atoms with Gasteiger partial charge in [-0.2, -0.15) is 0 Å². The van der Waals surface area contributed by atoms with Crippen molar-refractivity contribution in [2.24, 2.45) is 0 Å². The summed E-state index contributed by atoms with van der Waals surface area (Å²) in [6.07, 6.45) is 5.81. The van der Waals surface area contributed by atoms with Gasteiger partial charge >= 0.3 is 0 Å². The van der Waals surface area contributed by atoms with Crippen molar-refractivity contribution < 1.29 is 0 Å². The molecule has 1 saturated heterocycles. The zero-order valence-corrected chi connectivity index (χ0v) is 10.9. The number of rotatable bonds is 4. The van der Waals surface area contributed by atoms with E-state index < -0.39 is 0 Å². The SMILES string of the molecule is CN(Cc1ccccn1)CC1(C)CCCCN1. The lowest BCUT2D eigenvalue weighted by atomic mass is 9.90. The molecule has 1 aliphatic rings. The molecule has 2 heterocycles. The molecule has 94 valence electrons. The van der Waals surface area contributed by atoms with Crippen LogP contribution in [0.1, 0.15) is 31.9 Å². The first kappa shape index (κ1) is 12.5. The highest BCUT2D eigenvalue weighted by Gasteiger charge is 2.27. The molecule has 1 aliphatic heterocycles. The van der Waals surface area contributed by atoms with Crippen molar-refractivity contribution in [1.29, 1.82) is 0 Å². The molecule has 17 heavy (non-hydrogen) atoms. The minimum absolute atomic E-state index is 0.280. The third-order valence-electron chi connectivity index (χ3n) is 3.48. The van der Waals surface area contributed by atoms with E-state index in [2.05, 4.69) is 41.3 Å². The van der Waals surface area contributed by atoms with Crippen LogP contribution in [0.4, 0.5) is 0 Å². The number of pyridine rings is 1. The highest BCUT2D eigenvalue weighted by atomic mass is 15.2. The number of aromatic nitrogens is 1. The Kier molecular flexibility index (Phi) is 4.13. The number of likely N-dealkylation sites (N-methyl/N-ethyl adjacent to an activating group) is 1. The maximum absolute atomic E-state index is 4.37. The molecule has 2 rings (SSSR count). The van der Waals surface area contributed by atoms with Gasteiger partial charge in [0, 0.05) is 24.8 Å². The van der Waals surface area contributed by atoms with Crippen LogP contribution in [0, 0.1) is 0 Å². The van der Waals surface area contributed by atoms with E-state index in [0.29, 0.717) is 0 Å². The van der Waals surface area contributed by atoms with Gasteiger partial charge in [0.2, 0.25) is 0 Å². The van der Waals surface area contributed by atoms with Crippen LogP contribution < -0.4 is 5.32 Å². The summed E-state index contributed by atoms with van der Waals surface area (Å²) in [4.78, 5) is 6.73. The van der Waals surface area contributed by atoms with E-state index in [1.165, 1.54) is 19.3 Å². The number of piperidine rings is 1. The average molecular weight is 233 g/mol. The Morgan fingerprint density at radius 2 is 2.29 bits per heavy atom. The van der Waals surface area contributed by atoms with Crippen molar-refractivity contribution in [2.75, 3.05) is 20.1 Å². The van der Waals surface area contributed by atoms with Crippen LogP contribution in [0.25, 0.3) is 0 Å². The van der Waals surface area contributed by atoms with E-state index in [9.17, 15) is 0 Å². The van der Waals surface area contributed by atoms with E-state index in [0.717, 1.165) is 25.3 Å². The molecule has 3 heteroatoms. The predicted octanol–water partition coefficient (Wildman–Crippen LogP) is 2.05. The van der Waals surface area contributed by atoms with Crippen molar-refractivity contribution >= 4 is 0 Å². The van der Waals surface area contributed by atoms with Gasteiger partial charge in [0.05, 0.1) is 5.69 Å². The molecule has 0 amide bonds. The standard InChI is InChI=1S/C14H23N3/c1-14(8-4-6-10-16-14)12-17(2)11-13-7-3-5-9-15-13/h3,5,7,9,16H,4,6,8,10-12H2,1-2H3. The average Bonchev–Trinajstić information content (AvgIpc) is 2.30. The topological polar surface area (TPSA) is 28.2 Å². The van der Waals surface area contributed by atoms with Gasteiger partial charge in [-0.05, 0) is 45.5 Å². The Morgan fingerprint density at radius 1 is 1.41 bits per heavy atom. The molecule has 1 unspecified atom stereocenters. The van der Waals surface area contributed by atoms with Gasteiger partial charge in [0.1, 0.15) is 0 Å². The molecule has 0 saturated carbocycles. The number of nitrogens with zero attached hydrogens (tertiary/aromatic N) is 2. The molecular weight excluding hydrogens is 210 g/mol. The minimum Gasteiger partial charge on any atom is -0.310 e. The maximum Gasteiger partial charge on any atom is 0.0543 e. The van der Waals surface area contributed by atoms with Crippen LogP contribution in [0.3, 0.4) is 0 Å². The maximum atomic E-state index is 4.37.